The molecule has 0 amide bonds. The highest BCUT2D eigenvalue weighted by molar-refractivity contribution is 4.56. The Bertz CT molecular complexity index is 115. The summed E-state index contributed by atoms with van der Waals surface area (Å²) in [6.45, 7) is 4.96. The summed E-state index contributed by atoms with van der Waals surface area (Å²) in [5.41, 5.74) is 5.32. The Morgan fingerprint density at radius 1 is 0.929 bits per heavy atom. The fraction of sp³-hybridized carbons (Fsp3) is 1.00. The summed E-state index contributed by atoms with van der Waals surface area (Å²) < 4.78 is 0. The largest absolute Gasteiger partial charge is 0.392 e. The van der Waals surface area contributed by atoms with Gasteiger partial charge in [0, 0.05) is 6.54 Å². The number of aliphatic hydroxyl groups is 1. The highest BCUT2D eigenvalue weighted by Gasteiger charge is 2.00. The van der Waals surface area contributed by atoms with E-state index in [-0.39, 0.29) is 6.10 Å². The van der Waals surface area contributed by atoms with E-state index in [9.17, 15) is 5.11 Å². The van der Waals surface area contributed by atoms with Gasteiger partial charge in [-0.2, -0.15) is 0 Å². The molecule has 0 saturated carbocycles. The maximum absolute atomic E-state index is 9.21. The van der Waals surface area contributed by atoms with Crippen LogP contribution in [0.5, 0.6) is 0 Å². The Morgan fingerprint density at radius 3 is 1.93 bits per heavy atom. The lowest BCUT2D eigenvalue weighted by molar-refractivity contribution is 0.168. The lowest BCUT2D eigenvalue weighted by atomic mass is 10.0. The maximum atomic E-state index is 9.21. The van der Waals surface area contributed by atoms with Crippen LogP contribution in [0.2, 0.25) is 0 Å². The molecule has 0 aliphatic rings. The third-order valence-electron chi connectivity index (χ3n) is 2.59. The molecule has 0 aromatic carbocycles. The van der Waals surface area contributed by atoms with Gasteiger partial charge in [-0.15, -0.1) is 0 Å². The normalized spacial score (nSPS) is 13.5. The molecular weight excluding hydrogens is 174 g/mol. The Labute approximate surface area is 88.9 Å². The molecule has 0 aromatic heterocycles. The third kappa shape index (κ3) is 10.0. The van der Waals surface area contributed by atoms with Crippen LogP contribution >= 0.6 is 0 Å². The van der Waals surface area contributed by atoms with E-state index in [1.165, 1.54) is 32.1 Å². The second-order valence-electron chi connectivity index (χ2n) is 4.63. The van der Waals surface area contributed by atoms with Crippen LogP contribution in [0, 0.1) is 5.92 Å². The van der Waals surface area contributed by atoms with Crippen molar-refractivity contribution < 1.29 is 5.11 Å². The van der Waals surface area contributed by atoms with Crippen LogP contribution in [0.15, 0.2) is 0 Å². The lowest BCUT2D eigenvalue weighted by Gasteiger charge is -2.07. The first-order valence-electron chi connectivity index (χ1n) is 6.05. The summed E-state index contributed by atoms with van der Waals surface area (Å²) in [4.78, 5) is 0. The zero-order chi connectivity index (χ0) is 10.8. The number of hydrogen-bond donors (Lipinski definition) is 2. The van der Waals surface area contributed by atoms with Crippen LogP contribution in [0.4, 0.5) is 0 Å². The van der Waals surface area contributed by atoms with Crippen molar-refractivity contribution in [3.63, 3.8) is 0 Å². The van der Waals surface area contributed by atoms with Gasteiger partial charge in [-0.1, -0.05) is 52.4 Å². The van der Waals surface area contributed by atoms with Crippen LogP contribution in [-0.4, -0.2) is 17.8 Å². The van der Waals surface area contributed by atoms with Gasteiger partial charge in [0.2, 0.25) is 0 Å². The van der Waals surface area contributed by atoms with Gasteiger partial charge in [0.15, 0.2) is 0 Å². The van der Waals surface area contributed by atoms with Crippen molar-refractivity contribution in [2.75, 3.05) is 6.54 Å². The van der Waals surface area contributed by atoms with Gasteiger partial charge in [-0.3, -0.25) is 0 Å². The van der Waals surface area contributed by atoms with Gasteiger partial charge in [0.05, 0.1) is 6.10 Å². The van der Waals surface area contributed by atoms with Crippen LogP contribution in [0.25, 0.3) is 0 Å². The quantitative estimate of drug-likeness (QED) is 0.563. The van der Waals surface area contributed by atoms with E-state index in [0.29, 0.717) is 6.54 Å². The molecule has 14 heavy (non-hydrogen) atoms. The third-order valence-corrected chi connectivity index (χ3v) is 2.59. The van der Waals surface area contributed by atoms with E-state index in [2.05, 4.69) is 13.8 Å². The van der Waals surface area contributed by atoms with E-state index < -0.39 is 0 Å². The molecule has 2 heteroatoms. The van der Waals surface area contributed by atoms with Gasteiger partial charge >= 0.3 is 0 Å². The summed E-state index contributed by atoms with van der Waals surface area (Å²) in [5.74, 6) is 0.842. The summed E-state index contributed by atoms with van der Waals surface area (Å²) in [6, 6.07) is 0. The summed E-state index contributed by atoms with van der Waals surface area (Å²) in [5, 5.41) is 9.21. The van der Waals surface area contributed by atoms with Crippen LogP contribution < -0.4 is 5.73 Å². The Kier molecular flexibility index (Phi) is 9.42. The Balaban J connectivity index is 2.99. The first-order chi connectivity index (χ1) is 6.66. The molecule has 0 fully saturated rings. The standard InChI is InChI=1S/C12H27NO/c1-11(2)8-6-4-3-5-7-9-12(14)10-13/h11-12,14H,3-10,13H2,1-2H3. The summed E-state index contributed by atoms with van der Waals surface area (Å²) in [6.07, 6.45) is 8.34. The zero-order valence-electron chi connectivity index (χ0n) is 9.84. The molecular formula is C12H27NO. The minimum Gasteiger partial charge on any atom is -0.392 e. The van der Waals surface area contributed by atoms with Crippen molar-refractivity contribution >= 4 is 0 Å². The van der Waals surface area contributed by atoms with Gasteiger partial charge in [-0.25, -0.2) is 0 Å². The van der Waals surface area contributed by atoms with Gasteiger partial charge < -0.3 is 10.8 Å². The van der Waals surface area contributed by atoms with Crippen LogP contribution in [0.1, 0.15) is 58.8 Å². The summed E-state index contributed by atoms with van der Waals surface area (Å²) >= 11 is 0. The average Bonchev–Trinajstić information content (AvgIpc) is 2.15. The van der Waals surface area contributed by atoms with E-state index >= 15 is 0 Å². The predicted molar refractivity (Wildman–Crippen MR) is 62.2 cm³/mol. The van der Waals surface area contributed by atoms with E-state index in [1.807, 2.05) is 0 Å². The second-order valence-corrected chi connectivity index (χ2v) is 4.63. The Hall–Kier alpha value is -0.0800. The average molecular weight is 201 g/mol. The molecule has 0 saturated heterocycles. The van der Waals surface area contributed by atoms with E-state index in [0.717, 1.165) is 18.8 Å². The molecule has 2 nitrogen and oxygen atoms in total. The molecule has 0 aliphatic heterocycles. The van der Waals surface area contributed by atoms with Crippen LogP contribution in [0.3, 0.4) is 0 Å². The minimum atomic E-state index is -0.273. The number of unbranched alkanes of at least 4 members (excludes halogenated alkanes) is 4. The summed E-state index contributed by atoms with van der Waals surface area (Å²) in [7, 11) is 0. The molecule has 0 bridgehead atoms. The van der Waals surface area contributed by atoms with Crippen molar-refractivity contribution in [3.05, 3.63) is 0 Å². The SMILES string of the molecule is CC(C)CCCCCCCC(O)CN. The fourth-order valence-electron chi connectivity index (χ4n) is 1.58. The number of nitrogens with two attached hydrogens (primary N) is 1. The Morgan fingerprint density at radius 2 is 1.43 bits per heavy atom. The maximum Gasteiger partial charge on any atom is 0.0662 e. The fourth-order valence-corrected chi connectivity index (χ4v) is 1.58. The molecule has 0 spiro atoms. The first kappa shape index (κ1) is 13.9. The van der Waals surface area contributed by atoms with Crippen molar-refractivity contribution in [1.29, 1.82) is 0 Å². The number of aliphatic hydroxyl groups excluding tert-OH is 1. The van der Waals surface area contributed by atoms with Gasteiger partial charge in [0.1, 0.15) is 0 Å². The minimum absolute atomic E-state index is 0.273. The van der Waals surface area contributed by atoms with Crippen molar-refractivity contribution in [2.24, 2.45) is 11.7 Å². The lowest BCUT2D eigenvalue weighted by Crippen LogP contribution is -2.19. The highest BCUT2D eigenvalue weighted by atomic mass is 16.3. The van der Waals surface area contributed by atoms with Crippen molar-refractivity contribution in [2.45, 2.75) is 64.9 Å². The molecule has 1 atom stereocenters. The van der Waals surface area contributed by atoms with Crippen LogP contribution in [-0.2, 0) is 0 Å². The zero-order valence-corrected chi connectivity index (χ0v) is 9.84. The molecule has 1 unspecified atom stereocenters. The molecule has 0 aromatic rings. The van der Waals surface area contributed by atoms with E-state index in [4.69, 9.17) is 5.73 Å². The molecule has 0 radical (unpaired) electrons. The second kappa shape index (κ2) is 9.47. The molecule has 3 N–H and O–H groups in total. The molecule has 86 valence electrons. The number of rotatable bonds is 9. The molecule has 0 heterocycles. The topological polar surface area (TPSA) is 46.2 Å². The molecule has 0 aliphatic carbocycles. The van der Waals surface area contributed by atoms with E-state index in [1.54, 1.807) is 0 Å². The van der Waals surface area contributed by atoms with Gasteiger partial charge in [0.25, 0.3) is 0 Å². The van der Waals surface area contributed by atoms with Crippen molar-refractivity contribution in [3.8, 4) is 0 Å². The molecule has 0 rings (SSSR count). The number of hydrogen-bond acceptors (Lipinski definition) is 2. The smallest absolute Gasteiger partial charge is 0.0662 e. The first-order valence-corrected chi connectivity index (χ1v) is 6.05. The highest BCUT2D eigenvalue weighted by Crippen LogP contribution is 2.11. The van der Waals surface area contributed by atoms with Gasteiger partial charge in [-0.05, 0) is 12.3 Å². The predicted octanol–water partition coefficient (Wildman–Crippen LogP) is 2.69. The monoisotopic (exact) mass is 201 g/mol. The van der Waals surface area contributed by atoms with Crippen molar-refractivity contribution in [1.82, 2.24) is 0 Å².